The van der Waals surface area contributed by atoms with Gasteiger partial charge in [-0.15, -0.1) is 0 Å². The molecule has 1 amide bonds. The molecule has 0 aliphatic carbocycles. The maximum Gasteiger partial charge on any atom is 0.243 e. The Balaban J connectivity index is 1.92. The van der Waals surface area contributed by atoms with Crippen molar-refractivity contribution in [2.45, 2.75) is 45.1 Å². The summed E-state index contributed by atoms with van der Waals surface area (Å²) >= 11 is 0. The van der Waals surface area contributed by atoms with Gasteiger partial charge in [-0.3, -0.25) is 4.79 Å². The number of amides is 1. The molecule has 5 nitrogen and oxygen atoms in total. The number of anilines is 1. The van der Waals surface area contributed by atoms with E-state index in [4.69, 9.17) is 0 Å². The molecule has 2 aromatic carbocycles. The van der Waals surface area contributed by atoms with Crippen LogP contribution in [-0.4, -0.2) is 31.7 Å². The van der Waals surface area contributed by atoms with Gasteiger partial charge in [0.15, 0.2) is 0 Å². The van der Waals surface area contributed by atoms with Crippen LogP contribution in [0.25, 0.3) is 0 Å². The Bertz CT molecular complexity index is 954. The van der Waals surface area contributed by atoms with E-state index in [2.05, 4.69) is 0 Å². The second-order valence-corrected chi connectivity index (χ2v) is 8.92. The highest BCUT2D eigenvalue weighted by Crippen LogP contribution is 2.30. The van der Waals surface area contributed by atoms with Crippen molar-refractivity contribution in [3.8, 4) is 0 Å². The second-order valence-electron chi connectivity index (χ2n) is 6.98. The highest BCUT2D eigenvalue weighted by molar-refractivity contribution is 7.89. The Morgan fingerprint density at radius 2 is 1.96 bits per heavy atom. The zero-order chi connectivity index (χ0) is 19.6. The van der Waals surface area contributed by atoms with Gasteiger partial charge in [0.1, 0.15) is 0 Å². The van der Waals surface area contributed by atoms with Crippen molar-refractivity contribution in [3.63, 3.8) is 0 Å². The number of benzene rings is 2. The van der Waals surface area contributed by atoms with Gasteiger partial charge < -0.3 is 4.90 Å². The molecule has 0 aromatic heterocycles. The minimum atomic E-state index is -3.60. The quantitative estimate of drug-likeness (QED) is 0.790. The molecule has 27 heavy (non-hydrogen) atoms. The van der Waals surface area contributed by atoms with E-state index < -0.39 is 10.0 Å². The largest absolute Gasteiger partial charge is 0.312 e. The van der Waals surface area contributed by atoms with E-state index in [1.54, 1.807) is 30.0 Å². The monoisotopic (exact) mass is 386 g/mol. The molecule has 0 radical (unpaired) electrons. The van der Waals surface area contributed by atoms with Gasteiger partial charge in [-0.05, 0) is 49.1 Å². The fourth-order valence-corrected chi connectivity index (χ4v) is 5.08. The average molecular weight is 387 g/mol. The molecule has 144 valence electrons. The van der Waals surface area contributed by atoms with Gasteiger partial charge in [-0.2, -0.15) is 4.31 Å². The van der Waals surface area contributed by atoms with Crippen LogP contribution >= 0.6 is 0 Å². The van der Waals surface area contributed by atoms with Crippen LogP contribution in [0, 0.1) is 6.92 Å². The Hall–Kier alpha value is -2.18. The van der Waals surface area contributed by atoms with Crippen molar-refractivity contribution in [3.05, 3.63) is 59.2 Å². The number of fused-ring (bicyclic) bond motifs is 1. The third-order valence-electron chi connectivity index (χ3n) is 4.98. The predicted octanol–water partition coefficient (Wildman–Crippen LogP) is 3.50. The van der Waals surface area contributed by atoms with Gasteiger partial charge in [0.2, 0.25) is 15.9 Å². The number of carbonyl (C=O) groups excluding carboxylic acids is 1. The van der Waals surface area contributed by atoms with Crippen molar-refractivity contribution in [2.75, 3.05) is 18.0 Å². The normalized spacial score (nSPS) is 14.3. The Labute approximate surface area is 161 Å². The predicted molar refractivity (Wildman–Crippen MR) is 107 cm³/mol. The second kappa shape index (κ2) is 7.82. The molecular weight excluding hydrogens is 360 g/mol. The molecule has 0 spiro atoms. The molecule has 0 N–H and O–H groups in total. The first-order chi connectivity index (χ1) is 12.8. The van der Waals surface area contributed by atoms with Crippen molar-refractivity contribution in [1.29, 1.82) is 0 Å². The SMILES string of the molecule is CCN(Cc1cccc(C)c1)S(=O)(=O)c1ccc2c(c1)CCCN2C(C)=O. The Kier molecular flexibility index (Phi) is 5.67. The molecule has 0 saturated heterocycles. The summed E-state index contributed by atoms with van der Waals surface area (Å²) in [6.45, 7) is 6.81. The first-order valence-electron chi connectivity index (χ1n) is 9.29. The summed E-state index contributed by atoms with van der Waals surface area (Å²) in [4.78, 5) is 13.8. The zero-order valence-corrected chi connectivity index (χ0v) is 16.9. The number of hydrogen-bond acceptors (Lipinski definition) is 3. The number of carbonyl (C=O) groups is 1. The number of nitrogens with zero attached hydrogens (tertiary/aromatic N) is 2. The van der Waals surface area contributed by atoms with E-state index in [0.717, 1.165) is 35.2 Å². The van der Waals surface area contributed by atoms with E-state index in [0.29, 0.717) is 24.5 Å². The van der Waals surface area contributed by atoms with Gasteiger partial charge in [0, 0.05) is 32.2 Å². The molecule has 1 aliphatic heterocycles. The minimum absolute atomic E-state index is 0.0128. The molecule has 1 heterocycles. The van der Waals surface area contributed by atoms with Crippen LogP contribution in [0.4, 0.5) is 5.69 Å². The van der Waals surface area contributed by atoms with E-state index in [1.165, 1.54) is 4.31 Å². The standard InChI is InChI=1S/C21H26N2O3S/c1-4-22(15-18-8-5-7-16(2)13-18)27(25,26)20-10-11-21-19(14-20)9-6-12-23(21)17(3)24/h5,7-8,10-11,13-14H,4,6,9,12,15H2,1-3H3. The molecule has 1 aliphatic rings. The fourth-order valence-electron chi connectivity index (χ4n) is 3.59. The van der Waals surface area contributed by atoms with Gasteiger partial charge >= 0.3 is 0 Å². The lowest BCUT2D eigenvalue weighted by atomic mass is 10.0. The Morgan fingerprint density at radius 3 is 2.63 bits per heavy atom. The number of rotatable bonds is 5. The van der Waals surface area contributed by atoms with E-state index in [9.17, 15) is 13.2 Å². The van der Waals surface area contributed by atoms with Crippen LogP contribution in [0.15, 0.2) is 47.4 Å². The lowest BCUT2D eigenvalue weighted by Crippen LogP contribution is -2.34. The summed E-state index contributed by atoms with van der Waals surface area (Å²) in [7, 11) is -3.60. The van der Waals surface area contributed by atoms with Crippen LogP contribution in [0.3, 0.4) is 0 Å². The smallest absolute Gasteiger partial charge is 0.243 e. The molecule has 2 aromatic rings. The third kappa shape index (κ3) is 4.06. The summed E-state index contributed by atoms with van der Waals surface area (Å²) < 4.78 is 27.9. The summed E-state index contributed by atoms with van der Waals surface area (Å²) in [5.74, 6) is -0.0128. The van der Waals surface area contributed by atoms with Gasteiger partial charge in [-0.1, -0.05) is 36.8 Å². The van der Waals surface area contributed by atoms with Crippen LogP contribution in [0.1, 0.15) is 37.0 Å². The summed E-state index contributed by atoms with van der Waals surface area (Å²) in [5, 5.41) is 0. The number of hydrogen-bond donors (Lipinski definition) is 0. The maximum atomic E-state index is 13.2. The summed E-state index contributed by atoms with van der Waals surface area (Å²) in [6, 6.07) is 13.0. The number of aryl methyl sites for hydroxylation is 2. The minimum Gasteiger partial charge on any atom is -0.312 e. The van der Waals surface area contributed by atoms with Crippen molar-refractivity contribution in [1.82, 2.24) is 4.31 Å². The van der Waals surface area contributed by atoms with Crippen molar-refractivity contribution in [2.24, 2.45) is 0 Å². The maximum absolute atomic E-state index is 13.2. The fraction of sp³-hybridized carbons (Fsp3) is 0.381. The molecule has 0 bridgehead atoms. The molecule has 3 rings (SSSR count). The summed E-state index contributed by atoms with van der Waals surface area (Å²) in [5.41, 5.74) is 3.83. The topological polar surface area (TPSA) is 57.7 Å². The Morgan fingerprint density at radius 1 is 1.19 bits per heavy atom. The lowest BCUT2D eigenvalue weighted by Gasteiger charge is -2.29. The molecule has 0 saturated carbocycles. The van der Waals surface area contributed by atoms with Gasteiger partial charge in [-0.25, -0.2) is 8.42 Å². The van der Waals surface area contributed by atoms with Gasteiger partial charge in [0.05, 0.1) is 4.90 Å². The number of sulfonamides is 1. The first-order valence-corrected chi connectivity index (χ1v) is 10.7. The van der Waals surface area contributed by atoms with E-state index in [1.807, 2.05) is 38.1 Å². The summed E-state index contributed by atoms with van der Waals surface area (Å²) in [6.07, 6.45) is 1.63. The molecule has 0 fully saturated rings. The van der Waals surface area contributed by atoms with Crippen LogP contribution in [0.2, 0.25) is 0 Å². The van der Waals surface area contributed by atoms with Crippen LogP contribution in [0.5, 0.6) is 0 Å². The van der Waals surface area contributed by atoms with Crippen LogP contribution in [-0.2, 0) is 27.8 Å². The lowest BCUT2D eigenvalue weighted by molar-refractivity contribution is -0.116. The van der Waals surface area contributed by atoms with E-state index in [-0.39, 0.29) is 5.91 Å². The van der Waals surface area contributed by atoms with E-state index >= 15 is 0 Å². The average Bonchev–Trinajstić information content (AvgIpc) is 2.64. The van der Waals surface area contributed by atoms with Crippen molar-refractivity contribution < 1.29 is 13.2 Å². The van der Waals surface area contributed by atoms with Gasteiger partial charge in [0.25, 0.3) is 0 Å². The zero-order valence-electron chi connectivity index (χ0n) is 16.1. The highest BCUT2D eigenvalue weighted by atomic mass is 32.2. The molecule has 0 unspecified atom stereocenters. The molecular formula is C21H26N2O3S. The third-order valence-corrected chi connectivity index (χ3v) is 6.90. The molecule has 0 atom stereocenters. The molecule has 6 heteroatoms. The first kappa shape index (κ1) is 19.6. The van der Waals surface area contributed by atoms with Crippen LogP contribution < -0.4 is 4.90 Å². The highest BCUT2D eigenvalue weighted by Gasteiger charge is 2.26. The van der Waals surface area contributed by atoms with Crippen molar-refractivity contribution >= 4 is 21.6 Å².